The van der Waals surface area contributed by atoms with Crippen LogP contribution in [-0.4, -0.2) is 47.2 Å². The number of aromatic nitrogens is 2. The van der Waals surface area contributed by atoms with Crippen molar-refractivity contribution in [3.05, 3.63) is 56.4 Å². The Labute approximate surface area is 142 Å². The Bertz CT molecular complexity index is 785. The summed E-state index contributed by atoms with van der Waals surface area (Å²) < 4.78 is 0. The number of hydrogen-bond donors (Lipinski definition) is 1. The fraction of sp³-hybridized carbons (Fsp3) is 0.267. The third-order valence-corrected chi connectivity index (χ3v) is 4.36. The fourth-order valence-corrected chi connectivity index (χ4v) is 2.95. The number of nitrogens with zero attached hydrogens (tertiary/aromatic N) is 3. The van der Waals surface area contributed by atoms with E-state index >= 15 is 0 Å². The van der Waals surface area contributed by atoms with E-state index in [0.717, 1.165) is 0 Å². The van der Waals surface area contributed by atoms with Crippen molar-refractivity contribution in [3.63, 3.8) is 0 Å². The molecule has 0 bridgehead atoms. The SMILES string of the molecule is O=C(c1cccc(Cl)c1)N1CCN(c2cn[nH]c(=O)c2Cl)CC1. The van der Waals surface area contributed by atoms with Crippen molar-refractivity contribution < 1.29 is 4.79 Å². The number of anilines is 1. The highest BCUT2D eigenvalue weighted by molar-refractivity contribution is 6.33. The minimum Gasteiger partial charge on any atom is -0.365 e. The molecule has 3 rings (SSSR count). The maximum Gasteiger partial charge on any atom is 0.285 e. The van der Waals surface area contributed by atoms with E-state index in [1.165, 1.54) is 6.20 Å². The van der Waals surface area contributed by atoms with Gasteiger partial charge in [-0.15, -0.1) is 0 Å². The predicted molar refractivity (Wildman–Crippen MR) is 89.4 cm³/mol. The number of piperazine rings is 1. The molecule has 0 saturated carbocycles. The lowest BCUT2D eigenvalue weighted by Gasteiger charge is -2.36. The van der Waals surface area contributed by atoms with Gasteiger partial charge in [-0.25, -0.2) is 5.10 Å². The lowest BCUT2D eigenvalue weighted by molar-refractivity contribution is 0.0747. The summed E-state index contributed by atoms with van der Waals surface area (Å²) in [6.07, 6.45) is 1.53. The number of H-pyrrole nitrogens is 1. The van der Waals surface area contributed by atoms with Gasteiger partial charge in [0.15, 0.2) is 0 Å². The minimum absolute atomic E-state index is 0.0534. The van der Waals surface area contributed by atoms with Crippen LogP contribution in [-0.2, 0) is 0 Å². The van der Waals surface area contributed by atoms with E-state index in [4.69, 9.17) is 23.2 Å². The van der Waals surface area contributed by atoms with Crippen molar-refractivity contribution in [1.29, 1.82) is 0 Å². The second kappa shape index (κ2) is 6.60. The van der Waals surface area contributed by atoms with Crippen LogP contribution in [0.3, 0.4) is 0 Å². The Morgan fingerprint density at radius 1 is 1.17 bits per heavy atom. The highest BCUT2D eigenvalue weighted by atomic mass is 35.5. The molecule has 1 fully saturated rings. The van der Waals surface area contributed by atoms with Gasteiger partial charge in [0, 0.05) is 36.8 Å². The van der Waals surface area contributed by atoms with Gasteiger partial charge in [-0.3, -0.25) is 9.59 Å². The second-order valence-electron chi connectivity index (χ2n) is 5.19. The molecular weight excluding hydrogens is 339 g/mol. The van der Waals surface area contributed by atoms with Gasteiger partial charge in [0.05, 0.1) is 11.9 Å². The van der Waals surface area contributed by atoms with Gasteiger partial charge < -0.3 is 9.80 Å². The predicted octanol–water partition coefficient (Wildman–Crippen LogP) is 2.04. The van der Waals surface area contributed by atoms with E-state index in [9.17, 15) is 9.59 Å². The molecule has 6 nitrogen and oxygen atoms in total. The number of carbonyl (C=O) groups is 1. The number of benzene rings is 1. The molecule has 1 N–H and O–H groups in total. The Morgan fingerprint density at radius 3 is 2.61 bits per heavy atom. The standard InChI is InChI=1S/C15H14Cl2N4O2/c16-11-3-1-2-10(8-11)15(23)21-6-4-20(5-7-21)12-9-18-19-14(22)13(12)17/h1-3,8-9H,4-7H2,(H,19,22). The lowest BCUT2D eigenvalue weighted by atomic mass is 10.2. The number of amides is 1. The summed E-state index contributed by atoms with van der Waals surface area (Å²) in [5.74, 6) is -0.0534. The zero-order chi connectivity index (χ0) is 16.4. The number of hydrogen-bond acceptors (Lipinski definition) is 4. The third kappa shape index (κ3) is 3.33. The van der Waals surface area contributed by atoms with E-state index in [2.05, 4.69) is 10.2 Å². The topological polar surface area (TPSA) is 69.3 Å². The van der Waals surface area contributed by atoms with E-state index in [0.29, 0.717) is 42.5 Å². The number of carbonyl (C=O) groups excluding carboxylic acids is 1. The fourth-order valence-electron chi connectivity index (χ4n) is 2.55. The number of aromatic amines is 1. The Morgan fingerprint density at radius 2 is 1.91 bits per heavy atom. The summed E-state index contributed by atoms with van der Waals surface area (Å²) in [5, 5.41) is 6.72. The number of rotatable bonds is 2. The Kier molecular flexibility index (Phi) is 4.54. The largest absolute Gasteiger partial charge is 0.365 e. The molecular formula is C15H14Cl2N4O2. The summed E-state index contributed by atoms with van der Waals surface area (Å²) in [6, 6.07) is 6.90. The normalized spacial score (nSPS) is 14.9. The van der Waals surface area contributed by atoms with Crippen LogP contribution < -0.4 is 10.5 Å². The molecule has 23 heavy (non-hydrogen) atoms. The maximum atomic E-state index is 12.5. The minimum atomic E-state index is -0.415. The van der Waals surface area contributed by atoms with Gasteiger partial charge in [-0.1, -0.05) is 29.3 Å². The molecule has 0 spiro atoms. The van der Waals surface area contributed by atoms with Crippen LogP contribution in [0.25, 0.3) is 0 Å². The molecule has 1 aromatic carbocycles. The first-order valence-electron chi connectivity index (χ1n) is 7.09. The molecule has 2 heterocycles. The van der Waals surface area contributed by atoms with Gasteiger partial charge in [0.2, 0.25) is 0 Å². The quantitative estimate of drug-likeness (QED) is 0.897. The number of nitrogens with one attached hydrogen (secondary N) is 1. The van der Waals surface area contributed by atoms with Gasteiger partial charge >= 0.3 is 0 Å². The summed E-state index contributed by atoms with van der Waals surface area (Å²) in [4.78, 5) is 27.7. The highest BCUT2D eigenvalue weighted by Crippen LogP contribution is 2.22. The highest BCUT2D eigenvalue weighted by Gasteiger charge is 2.24. The van der Waals surface area contributed by atoms with Crippen molar-refractivity contribution in [1.82, 2.24) is 15.1 Å². The van der Waals surface area contributed by atoms with Crippen molar-refractivity contribution in [2.24, 2.45) is 0 Å². The lowest BCUT2D eigenvalue weighted by Crippen LogP contribution is -2.49. The first-order chi connectivity index (χ1) is 11.1. The maximum absolute atomic E-state index is 12.5. The molecule has 0 unspecified atom stereocenters. The monoisotopic (exact) mass is 352 g/mol. The van der Waals surface area contributed by atoms with E-state index < -0.39 is 5.56 Å². The van der Waals surface area contributed by atoms with Crippen molar-refractivity contribution >= 4 is 34.8 Å². The zero-order valence-corrected chi connectivity index (χ0v) is 13.6. The molecule has 0 atom stereocenters. The molecule has 0 aliphatic carbocycles. The molecule has 1 amide bonds. The summed E-state index contributed by atoms with van der Waals surface area (Å²) in [5.41, 5.74) is 0.744. The van der Waals surface area contributed by atoms with Crippen molar-refractivity contribution in [2.45, 2.75) is 0 Å². The zero-order valence-electron chi connectivity index (χ0n) is 12.1. The third-order valence-electron chi connectivity index (χ3n) is 3.76. The average molecular weight is 353 g/mol. The van der Waals surface area contributed by atoms with Crippen LogP contribution in [0.5, 0.6) is 0 Å². The van der Waals surface area contributed by atoms with Crippen LogP contribution in [0.15, 0.2) is 35.3 Å². The van der Waals surface area contributed by atoms with Crippen LogP contribution in [0.4, 0.5) is 5.69 Å². The molecule has 1 saturated heterocycles. The van der Waals surface area contributed by atoms with Gasteiger partial charge in [0.25, 0.3) is 11.5 Å². The van der Waals surface area contributed by atoms with Crippen LogP contribution >= 0.6 is 23.2 Å². The Hall–Kier alpha value is -2.05. The van der Waals surface area contributed by atoms with Crippen LogP contribution in [0, 0.1) is 0 Å². The Balaban J connectivity index is 1.70. The molecule has 2 aromatic rings. The van der Waals surface area contributed by atoms with Crippen molar-refractivity contribution in [3.8, 4) is 0 Å². The summed E-state index contributed by atoms with van der Waals surface area (Å²) in [6.45, 7) is 2.23. The van der Waals surface area contributed by atoms with E-state index in [-0.39, 0.29) is 10.9 Å². The van der Waals surface area contributed by atoms with Crippen LogP contribution in [0.1, 0.15) is 10.4 Å². The first kappa shape index (κ1) is 15.8. The van der Waals surface area contributed by atoms with Crippen LogP contribution in [0.2, 0.25) is 10.0 Å². The van der Waals surface area contributed by atoms with Gasteiger partial charge in [-0.05, 0) is 18.2 Å². The number of halogens is 2. The molecule has 1 aliphatic rings. The van der Waals surface area contributed by atoms with E-state index in [1.54, 1.807) is 29.2 Å². The first-order valence-corrected chi connectivity index (χ1v) is 7.85. The molecule has 120 valence electrons. The summed E-state index contributed by atoms with van der Waals surface area (Å²) >= 11 is 11.9. The average Bonchev–Trinajstić information content (AvgIpc) is 2.57. The molecule has 1 aliphatic heterocycles. The molecule has 1 aromatic heterocycles. The second-order valence-corrected chi connectivity index (χ2v) is 6.00. The van der Waals surface area contributed by atoms with Gasteiger partial charge in [-0.2, -0.15) is 5.10 Å². The summed E-state index contributed by atoms with van der Waals surface area (Å²) in [7, 11) is 0. The molecule has 0 radical (unpaired) electrons. The molecule has 8 heteroatoms. The van der Waals surface area contributed by atoms with Gasteiger partial charge in [0.1, 0.15) is 5.02 Å². The smallest absolute Gasteiger partial charge is 0.285 e. The van der Waals surface area contributed by atoms with Crippen molar-refractivity contribution in [2.75, 3.05) is 31.1 Å². The van der Waals surface area contributed by atoms with E-state index in [1.807, 2.05) is 4.90 Å².